The third kappa shape index (κ3) is 5.34. The summed E-state index contributed by atoms with van der Waals surface area (Å²) in [6.45, 7) is 0. The Balaban J connectivity index is 1.92. The molecule has 0 unspecified atom stereocenters. The molecule has 0 fully saturated rings. The SMILES string of the molecule is COc1cccc(CS(=O)(=O)CCC(=O)Nc2ccccc2F)c1. The number of nitrogens with one attached hydrogen (secondary N) is 1. The number of rotatable bonds is 7. The topological polar surface area (TPSA) is 72.5 Å². The van der Waals surface area contributed by atoms with E-state index in [2.05, 4.69) is 5.32 Å². The van der Waals surface area contributed by atoms with Crippen LogP contribution in [0, 0.1) is 5.82 Å². The largest absolute Gasteiger partial charge is 0.497 e. The fourth-order valence-corrected chi connectivity index (χ4v) is 3.44. The first-order valence-electron chi connectivity index (χ1n) is 7.27. The Labute approximate surface area is 140 Å². The number of benzene rings is 2. The van der Waals surface area contributed by atoms with Crippen LogP contribution in [0.15, 0.2) is 48.5 Å². The van der Waals surface area contributed by atoms with E-state index in [1.54, 1.807) is 30.3 Å². The molecule has 0 bridgehead atoms. The summed E-state index contributed by atoms with van der Waals surface area (Å²) in [5, 5.41) is 2.37. The lowest BCUT2D eigenvalue weighted by molar-refractivity contribution is -0.115. The van der Waals surface area contributed by atoms with Crippen LogP contribution in [0.25, 0.3) is 0 Å². The molecule has 24 heavy (non-hydrogen) atoms. The molecule has 0 spiro atoms. The number of sulfone groups is 1. The van der Waals surface area contributed by atoms with E-state index < -0.39 is 21.6 Å². The van der Waals surface area contributed by atoms with Crippen molar-refractivity contribution in [2.45, 2.75) is 12.2 Å². The van der Waals surface area contributed by atoms with Crippen molar-refractivity contribution in [3.05, 3.63) is 59.9 Å². The van der Waals surface area contributed by atoms with Crippen molar-refractivity contribution in [3.8, 4) is 5.75 Å². The van der Waals surface area contributed by atoms with E-state index >= 15 is 0 Å². The highest BCUT2D eigenvalue weighted by Crippen LogP contribution is 2.16. The number of para-hydroxylation sites is 1. The van der Waals surface area contributed by atoms with E-state index in [0.29, 0.717) is 11.3 Å². The Hall–Kier alpha value is -2.41. The fourth-order valence-electron chi connectivity index (χ4n) is 2.11. The molecule has 128 valence electrons. The van der Waals surface area contributed by atoms with Crippen molar-refractivity contribution >= 4 is 21.4 Å². The monoisotopic (exact) mass is 351 g/mol. The first-order chi connectivity index (χ1) is 11.4. The third-order valence-electron chi connectivity index (χ3n) is 3.31. The molecular formula is C17H18FNO4S. The minimum Gasteiger partial charge on any atom is -0.497 e. The minimum absolute atomic E-state index is 0.0349. The number of hydrogen-bond donors (Lipinski definition) is 1. The van der Waals surface area contributed by atoms with E-state index in [1.807, 2.05) is 0 Å². The number of carbonyl (C=O) groups is 1. The van der Waals surface area contributed by atoms with Crippen LogP contribution < -0.4 is 10.1 Å². The van der Waals surface area contributed by atoms with Crippen LogP contribution in [0.3, 0.4) is 0 Å². The third-order valence-corrected chi connectivity index (χ3v) is 4.91. The molecule has 0 saturated heterocycles. The first-order valence-corrected chi connectivity index (χ1v) is 9.09. The van der Waals surface area contributed by atoms with Crippen molar-refractivity contribution < 1.29 is 22.3 Å². The van der Waals surface area contributed by atoms with E-state index in [0.717, 1.165) is 0 Å². The van der Waals surface area contributed by atoms with E-state index in [-0.39, 0.29) is 23.6 Å². The number of carbonyl (C=O) groups excluding carboxylic acids is 1. The van der Waals surface area contributed by atoms with Crippen molar-refractivity contribution in [2.24, 2.45) is 0 Å². The first kappa shape index (κ1) is 17.9. The summed E-state index contributed by atoms with van der Waals surface area (Å²) in [4.78, 5) is 11.8. The summed E-state index contributed by atoms with van der Waals surface area (Å²) in [6.07, 6.45) is -0.235. The molecule has 1 N–H and O–H groups in total. The molecule has 0 radical (unpaired) electrons. The molecular weight excluding hydrogens is 333 g/mol. The van der Waals surface area contributed by atoms with Crippen LogP contribution >= 0.6 is 0 Å². The average Bonchev–Trinajstić information content (AvgIpc) is 2.55. The Kier molecular flexibility index (Phi) is 5.92. The molecule has 0 heterocycles. The van der Waals surface area contributed by atoms with Crippen LogP contribution in [-0.4, -0.2) is 27.2 Å². The second kappa shape index (κ2) is 7.92. The second-order valence-electron chi connectivity index (χ2n) is 5.22. The Morgan fingerprint density at radius 3 is 2.62 bits per heavy atom. The van der Waals surface area contributed by atoms with Crippen molar-refractivity contribution in [2.75, 3.05) is 18.2 Å². The van der Waals surface area contributed by atoms with Gasteiger partial charge < -0.3 is 10.1 Å². The van der Waals surface area contributed by atoms with Crippen molar-refractivity contribution in [1.82, 2.24) is 0 Å². The van der Waals surface area contributed by atoms with Gasteiger partial charge in [0.05, 0.1) is 24.3 Å². The zero-order chi connectivity index (χ0) is 17.6. The molecule has 0 aliphatic heterocycles. The summed E-state index contributed by atoms with van der Waals surface area (Å²) >= 11 is 0. The van der Waals surface area contributed by atoms with Crippen LogP contribution in [0.2, 0.25) is 0 Å². The molecule has 0 aromatic heterocycles. The number of halogens is 1. The summed E-state index contributed by atoms with van der Waals surface area (Å²) in [6, 6.07) is 12.5. The molecule has 0 aliphatic carbocycles. The second-order valence-corrected chi connectivity index (χ2v) is 7.41. The Morgan fingerprint density at radius 1 is 1.17 bits per heavy atom. The van der Waals surface area contributed by atoms with Crippen LogP contribution in [0.1, 0.15) is 12.0 Å². The lowest BCUT2D eigenvalue weighted by Gasteiger charge is -2.08. The van der Waals surface area contributed by atoms with E-state index in [9.17, 15) is 17.6 Å². The van der Waals surface area contributed by atoms with Gasteiger partial charge in [-0.3, -0.25) is 4.79 Å². The molecule has 0 aliphatic rings. The van der Waals surface area contributed by atoms with Crippen LogP contribution in [0.4, 0.5) is 10.1 Å². The summed E-state index contributed by atoms with van der Waals surface area (Å²) in [7, 11) is -1.97. The minimum atomic E-state index is -3.47. The molecule has 2 rings (SSSR count). The van der Waals surface area contributed by atoms with Crippen molar-refractivity contribution in [1.29, 1.82) is 0 Å². The van der Waals surface area contributed by atoms with Gasteiger partial charge in [0.15, 0.2) is 9.84 Å². The zero-order valence-corrected chi connectivity index (χ0v) is 14.0. The van der Waals surface area contributed by atoms with Crippen LogP contribution in [0.5, 0.6) is 5.75 Å². The molecule has 7 heteroatoms. The van der Waals surface area contributed by atoms with Gasteiger partial charge in [-0.2, -0.15) is 0 Å². The standard InChI is InChI=1S/C17H18FNO4S/c1-23-14-6-4-5-13(11-14)12-24(21,22)10-9-17(20)19-16-8-3-2-7-15(16)18/h2-8,11H,9-10,12H2,1H3,(H,19,20). The van der Waals surface area contributed by atoms with Gasteiger partial charge in [-0.25, -0.2) is 12.8 Å². The number of amides is 1. The molecule has 0 saturated carbocycles. The molecule has 2 aromatic rings. The Morgan fingerprint density at radius 2 is 1.92 bits per heavy atom. The molecule has 5 nitrogen and oxygen atoms in total. The van der Waals surface area contributed by atoms with Gasteiger partial charge in [0.25, 0.3) is 0 Å². The lowest BCUT2D eigenvalue weighted by atomic mass is 10.2. The normalized spacial score (nSPS) is 11.1. The highest BCUT2D eigenvalue weighted by Gasteiger charge is 2.16. The predicted octanol–water partition coefficient (Wildman–Crippen LogP) is 2.78. The maximum absolute atomic E-state index is 13.4. The smallest absolute Gasteiger partial charge is 0.225 e. The van der Waals surface area contributed by atoms with Gasteiger partial charge >= 0.3 is 0 Å². The van der Waals surface area contributed by atoms with E-state index in [1.165, 1.54) is 25.3 Å². The van der Waals surface area contributed by atoms with Gasteiger partial charge in [0, 0.05) is 6.42 Å². The zero-order valence-electron chi connectivity index (χ0n) is 13.2. The van der Waals surface area contributed by atoms with Gasteiger partial charge in [0.1, 0.15) is 11.6 Å². The molecule has 2 aromatic carbocycles. The van der Waals surface area contributed by atoms with Crippen molar-refractivity contribution in [3.63, 3.8) is 0 Å². The lowest BCUT2D eigenvalue weighted by Crippen LogP contribution is -2.18. The van der Waals surface area contributed by atoms with Gasteiger partial charge in [-0.15, -0.1) is 0 Å². The number of methoxy groups -OCH3 is 1. The number of ether oxygens (including phenoxy) is 1. The Bertz CT molecular complexity index is 821. The van der Waals surface area contributed by atoms with Gasteiger partial charge in [0.2, 0.25) is 5.91 Å². The average molecular weight is 351 g/mol. The summed E-state index contributed by atoms with van der Waals surface area (Å²) < 4.78 is 42.7. The highest BCUT2D eigenvalue weighted by molar-refractivity contribution is 7.90. The van der Waals surface area contributed by atoms with Gasteiger partial charge in [-0.05, 0) is 29.8 Å². The molecule has 1 amide bonds. The number of hydrogen-bond acceptors (Lipinski definition) is 4. The summed E-state index contributed by atoms with van der Waals surface area (Å²) in [5.41, 5.74) is 0.622. The maximum atomic E-state index is 13.4. The molecule has 0 atom stereocenters. The summed E-state index contributed by atoms with van der Waals surface area (Å²) in [5.74, 6) is -1.04. The fraction of sp³-hybridized carbons (Fsp3) is 0.235. The highest BCUT2D eigenvalue weighted by atomic mass is 32.2. The predicted molar refractivity (Wildman–Crippen MR) is 90.1 cm³/mol. The number of anilines is 1. The maximum Gasteiger partial charge on any atom is 0.225 e. The quantitative estimate of drug-likeness (QED) is 0.832. The van der Waals surface area contributed by atoms with Crippen LogP contribution in [-0.2, 0) is 20.4 Å². The van der Waals surface area contributed by atoms with E-state index in [4.69, 9.17) is 4.74 Å². The van der Waals surface area contributed by atoms with Gasteiger partial charge in [-0.1, -0.05) is 24.3 Å².